The lowest BCUT2D eigenvalue weighted by Crippen LogP contribution is -2.53. The zero-order chi connectivity index (χ0) is 13.0. The van der Waals surface area contributed by atoms with Gasteiger partial charge in [-0.1, -0.05) is 0 Å². The van der Waals surface area contributed by atoms with Gasteiger partial charge >= 0.3 is 5.97 Å². The lowest BCUT2D eigenvalue weighted by Gasteiger charge is -2.33. The van der Waals surface area contributed by atoms with Crippen LogP contribution in [-0.2, 0) is 19.1 Å². The Morgan fingerprint density at radius 1 is 1.25 bits per heavy atom. The Bertz CT molecular complexity index is 272. The zero-order valence-corrected chi connectivity index (χ0v) is 10.3. The highest BCUT2D eigenvalue weighted by Crippen LogP contribution is 2.18. The van der Waals surface area contributed by atoms with Crippen LogP contribution in [0.15, 0.2) is 0 Å². The number of carboxylic acid groups (broad SMARTS) is 1. The summed E-state index contributed by atoms with van der Waals surface area (Å²) in [5.41, 5.74) is -2.44. The van der Waals surface area contributed by atoms with Gasteiger partial charge in [0.1, 0.15) is 12.3 Å². The van der Waals surface area contributed by atoms with E-state index in [0.717, 1.165) is 0 Å². The van der Waals surface area contributed by atoms with Crippen molar-refractivity contribution in [2.45, 2.75) is 39.0 Å². The highest BCUT2D eigenvalue weighted by Gasteiger charge is 2.36. The number of methoxy groups -OCH3 is 1. The van der Waals surface area contributed by atoms with Gasteiger partial charge in [0.15, 0.2) is 5.60 Å². The monoisotopic (exact) mass is 233 g/mol. The number of rotatable bonds is 6. The fourth-order valence-corrected chi connectivity index (χ4v) is 1.21. The van der Waals surface area contributed by atoms with Crippen LogP contribution in [0.5, 0.6) is 0 Å². The number of amides is 1. The van der Waals surface area contributed by atoms with Crippen LogP contribution in [0.1, 0.15) is 27.7 Å². The molecule has 0 unspecified atom stereocenters. The van der Waals surface area contributed by atoms with Crippen molar-refractivity contribution in [1.82, 2.24) is 5.32 Å². The molecule has 0 aromatic rings. The van der Waals surface area contributed by atoms with Crippen molar-refractivity contribution < 1.29 is 24.2 Å². The summed E-state index contributed by atoms with van der Waals surface area (Å²) in [4.78, 5) is 22.1. The highest BCUT2D eigenvalue weighted by molar-refractivity contribution is 5.78. The average molecular weight is 233 g/mol. The second kappa shape index (κ2) is 5.27. The molecule has 6 heteroatoms. The number of ether oxygens (including phenoxy) is 2. The second-order valence-corrected chi connectivity index (χ2v) is 4.41. The molecule has 6 nitrogen and oxygen atoms in total. The van der Waals surface area contributed by atoms with Crippen molar-refractivity contribution in [1.29, 1.82) is 0 Å². The summed E-state index contributed by atoms with van der Waals surface area (Å²) in [7, 11) is 1.40. The Labute approximate surface area is 94.9 Å². The summed E-state index contributed by atoms with van der Waals surface area (Å²) in [5.74, 6) is -1.46. The maximum Gasteiger partial charge on any atom is 0.335 e. The minimum atomic E-state index is -1.37. The number of carboxylic acids is 1. The van der Waals surface area contributed by atoms with Crippen LogP contribution in [-0.4, -0.2) is 42.0 Å². The first-order chi connectivity index (χ1) is 7.10. The van der Waals surface area contributed by atoms with E-state index < -0.39 is 17.3 Å². The molecule has 2 N–H and O–H groups in total. The van der Waals surface area contributed by atoms with Crippen molar-refractivity contribution in [3.63, 3.8) is 0 Å². The Hall–Kier alpha value is -1.14. The van der Waals surface area contributed by atoms with E-state index in [4.69, 9.17) is 9.84 Å². The van der Waals surface area contributed by atoms with Gasteiger partial charge in [0, 0.05) is 7.11 Å². The Morgan fingerprint density at radius 2 is 1.75 bits per heavy atom. The van der Waals surface area contributed by atoms with Gasteiger partial charge in [0.05, 0.1) is 0 Å². The fraction of sp³-hybridized carbons (Fsp3) is 0.800. The molecule has 0 bridgehead atoms. The SMILES string of the molecule is COCC(=O)NC(C)(C)OC(C)(C)C(=O)O. The summed E-state index contributed by atoms with van der Waals surface area (Å²) in [6.07, 6.45) is 0. The maximum atomic E-state index is 11.3. The number of carbonyl (C=O) groups is 2. The third-order valence-corrected chi connectivity index (χ3v) is 1.74. The molecule has 1 amide bonds. The van der Waals surface area contributed by atoms with Gasteiger partial charge in [-0.25, -0.2) is 4.79 Å². The van der Waals surface area contributed by atoms with Crippen molar-refractivity contribution in [3.05, 3.63) is 0 Å². The molecule has 94 valence electrons. The van der Waals surface area contributed by atoms with Gasteiger partial charge < -0.3 is 19.9 Å². The van der Waals surface area contributed by atoms with Crippen LogP contribution in [0, 0.1) is 0 Å². The van der Waals surface area contributed by atoms with Crippen molar-refractivity contribution in [2.75, 3.05) is 13.7 Å². The van der Waals surface area contributed by atoms with E-state index >= 15 is 0 Å². The van der Waals surface area contributed by atoms with E-state index in [1.165, 1.54) is 21.0 Å². The number of hydrogen-bond acceptors (Lipinski definition) is 4. The van der Waals surface area contributed by atoms with E-state index in [1.807, 2.05) is 0 Å². The standard InChI is InChI=1S/C10H19NO5/c1-9(2,8(13)14)16-10(3,4)11-7(12)6-15-5/h6H2,1-5H3,(H,11,12)(H,13,14). The first kappa shape index (κ1) is 14.9. The molecule has 0 fully saturated rings. The predicted molar refractivity (Wildman–Crippen MR) is 56.9 cm³/mol. The average Bonchev–Trinajstić information content (AvgIpc) is 1.99. The summed E-state index contributed by atoms with van der Waals surface area (Å²) in [5, 5.41) is 11.4. The first-order valence-electron chi connectivity index (χ1n) is 4.84. The molecule has 0 saturated carbocycles. The van der Waals surface area contributed by atoms with Gasteiger partial charge in [-0.05, 0) is 27.7 Å². The van der Waals surface area contributed by atoms with Crippen LogP contribution in [0.2, 0.25) is 0 Å². The normalized spacial score (nSPS) is 12.3. The first-order valence-corrected chi connectivity index (χ1v) is 4.84. The minimum Gasteiger partial charge on any atom is -0.479 e. The molecule has 0 aliphatic heterocycles. The van der Waals surface area contributed by atoms with Gasteiger partial charge in [0.2, 0.25) is 5.91 Å². The highest BCUT2D eigenvalue weighted by atomic mass is 16.6. The van der Waals surface area contributed by atoms with Gasteiger partial charge in [-0.2, -0.15) is 0 Å². The van der Waals surface area contributed by atoms with Gasteiger partial charge in [-0.15, -0.1) is 0 Å². The molecule has 0 aliphatic carbocycles. The van der Waals surface area contributed by atoms with Crippen LogP contribution < -0.4 is 5.32 Å². The van der Waals surface area contributed by atoms with Crippen LogP contribution in [0.4, 0.5) is 0 Å². The predicted octanol–water partition coefficient (Wildman–Crippen LogP) is 0.365. The van der Waals surface area contributed by atoms with E-state index in [-0.39, 0.29) is 12.5 Å². The van der Waals surface area contributed by atoms with Gasteiger partial charge in [-0.3, -0.25) is 4.79 Å². The lowest BCUT2D eigenvalue weighted by molar-refractivity contribution is -0.186. The van der Waals surface area contributed by atoms with Crippen LogP contribution in [0.25, 0.3) is 0 Å². The molecular weight excluding hydrogens is 214 g/mol. The molecule has 0 radical (unpaired) electrons. The molecule has 0 rings (SSSR count). The number of nitrogens with one attached hydrogen (secondary N) is 1. The molecular formula is C10H19NO5. The molecule has 0 spiro atoms. The summed E-state index contributed by atoms with van der Waals surface area (Å²) in [6.45, 7) is 5.88. The van der Waals surface area contributed by atoms with Crippen molar-refractivity contribution in [3.8, 4) is 0 Å². The number of carbonyl (C=O) groups excluding carboxylic acids is 1. The van der Waals surface area contributed by atoms with E-state index in [9.17, 15) is 9.59 Å². The van der Waals surface area contributed by atoms with E-state index in [2.05, 4.69) is 10.1 Å². The molecule has 0 aliphatic rings. The molecule has 16 heavy (non-hydrogen) atoms. The van der Waals surface area contributed by atoms with E-state index in [0.29, 0.717) is 0 Å². The fourth-order valence-electron chi connectivity index (χ4n) is 1.21. The quantitative estimate of drug-likeness (QED) is 0.647. The number of aliphatic carboxylic acids is 1. The molecule has 0 heterocycles. The third-order valence-electron chi connectivity index (χ3n) is 1.74. The Kier molecular flexibility index (Phi) is 4.89. The summed E-state index contributed by atoms with van der Waals surface area (Å²) in [6, 6.07) is 0. The molecule has 0 saturated heterocycles. The molecule has 0 aromatic carbocycles. The minimum absolute atomic E-state index is 0.0969. The van der Waals surface area contributed by atoms with Crippen LogP contribution >= 0.6 is 0 Å². The maximum absolute atomic E-state index is 11.3. The lowest BCUT2D eigenvalue weighted by atomic mass is 10.1. The largest absolute Gasteiger partial charge is 0.479 e. The summed E-state index contributed by atoms with van der Waals surface area (Å²) >= 11 is 0. The number of hydrogen-bond donors (Lipinski definition) is 2. The third kappa shape index (κ3) is 5.09. The zero-order valence-electron chi connectivity index (χ0n) is 10.3. The Balaban J connectivity index is 4.45. The smallest absolute Gasteiger partial charge is 0.335 e. The van der Waals surface area contributed by atoms with Crippen molar-refractivity contribution in [2.24, 2.45) is 0 Å². The van der Waals surface area contributed by atoms with Gasteiger partial charge in [0.25, 0.3) is 0 Å². The summed E-state index contributed by atoms with van der Waals surface area (Å²) < 4.78 is 9.96. The van der Waals surface area contributed by atoms with Crippen molar-refractivity contribution >= 4 is 11.9 Å². The Morgan fingerprint density at radius 3 is 2.12 bits per heavy atom. The molecule has 0 atom stereocenters. The van der Waals surface area contributed by atoms with E-state index in [1.54, 1.807) is 13.8 Å². The second-order valence-electron chi connectivity index (χ2n) is 4.41. The molecule has 0 aromatic heterocycles. The topological polar surface area (TPSA) is 84.9 Å². The van der Waals surface area contributed by atoms with Crippen LogP contribution in [0.3, 0.4) is 0 Å².